The molecule has 0 N–H and O–H groups in total. The molecule has 11 heteroatoms. The van der Waals surface area contributed by atoms with Gasteiger partial charge in [-0.05, 0) is 56.3 Å². The molecule has 0 radical (unpaired) electrons. The first-order chi connectivity index (χ1) is 18.0. The second-order valence-electron chi connectivity index (χ2n) is 10.2. The minimum absolute atomic E-state index is 0.0175. The number of carbonyl (C=O) groups is 4. The number of amides is 3. The molecule has 0 aliphatic carbocycles. The summed E-state index contributed by atoms with van der Waals surface area (Å²) in [5.41, 5.74) is 1.45. The van der Waals surface area contributed by atoms with Gasteiger partial charge < -0.3 is 23.5 Å². The smallest absolute Gasteiger partial charge is 0.421 e. The van der Waals surface area contributed by atoms with Crippen LogP contribution in [-0.4, -0.2) is 69.1 Å². The van der Waals surface area contributed by atoms with Gasteiger partial charge in [-0.25, -0.2) is 14.5 Å². The topological polar surface area (TPSA) is 112 Å². The fraction of sp³-hybridized carbons (Fsp3) is 0.407. The number of fused-ring (bicyclic) bond motifs is 2. The zero-order chi connectivity index (χ0) is 27.8. The Hall–Kier alpha value is -3.70. The maximum Gasteiger partial charge on any atom is 0.421 e. The third-order valence-electron chi connectivity index (χ3n) is 6.44. The summed E-state index contributed by atoms with van der Waals surface area (Å²) in [6.45, 7) is 14.8. The Morgan fingerprint density at radius 3 is 2.50 bits per heavy atom. The van der Waals surface area contributed by atoms with Crippen molar-refractivity contribution in [1.82, 2.24) is 4.90 Å². The number of ether oxygens (including phenoxy) is 3. The van der Waals surface area contributed by atoms with Gasteiger partial charge in [0.1, 0.15) is 24.7 Å². The quantitative estimate of drug-likeness (QED) is 0.202. The standard InChI is InChI=1S/C27H32N2O8Si/c1-7-11-34-26(32)24-18(14-20-23(25(31)29(20)24)16(3)37-38(4,5)6)17-9-10-21-19(13-17)28(22(30)15-36-21)27(33)35-12-8-2/h7-10,13,16,20,23H,1-2,11-12,14-15H2,3-6H3/t16-,20-,23-/m1/s1. The fourth-order valence-corrected chi connectivity index (χ4v) is 6.33. The number of hydrogen-bond donors (Lipinski definition) is 0. The molecule has 3 amide bonds. The second-order valence-corrected chi connectivity index (χ2v) is 14.7. The lowest BCUT2D eigenvalue weighted by Crippen LogP contribution is -2.63. The number of imide groups is 1. The number of hydrogen-bond acceptors (Lipinski definition) is 8. The molecule has 1 saturated heterocycles. The Kier molecular flexibility index (Phi) is 7.61. The summed E-state index contributed by atoms with van der Waals surface area (Å²) >= 11 is 0. The molecule has 1 fully saturated rings. The zero-order valence-electron chi connectivity index (χ0n) is 22.0. The van der Waals surface area contributed by atoms with Crippen LogP contribution in [0.4, 0.5) is 10.5 Å². The van der Waals surface area contributed by atoms with Crippen LogP contribution in [0.15, 0.2) is 49.2 Å². The largest absolute Gasteiger partial charge is 0.482 e. The summed E-state index contributed by atoms with van der Waals surface area (Å²) in [6, 6.07) is 4.66. The highest BCUT2D eigenvalue weighted by molar-refractivity contribution is 6.69. The lowest BCUT2D eigenvalue weighted by molar-refractivity contribution is -0.161. The number of rotatable bonds is 9. The summed E-state index contributed by atoms with van der Waals surface area (Å²) in [5, 5.41) is 0. The number of esters is 1. The third kappa shape index (κ3) is 5.03. The van der Waals surface area contributed by atoms with E-state index in [1.54, 1.807) is 18.2 Å². The lowest BCUT2D eigenvalue weighted by Gasteiger charge is -2.47. The normalized spacial score (nSPS) is 21.2. The summed E-state index contributed by atoms with van der Waals surface area (Å²) < 4.78 is 22.2. The molecule has 0 unspecified atom stereocenters. The van der Waals surface area contributed by atoms with E-state index in [9.17, 15) is 19.2 Å². The van der Waals surface area contributed by atoms with E-state index >= 15 is 0 Å². The van der Waals surface area contributed by atoms with E-state index in [0.717, 1.165) is 4.90 Å². The predicted molar refractivity (Wildman–Crippen MR) is 142 cm³/mol. The van der Waals surface area contributed by atoms with Crippen LogP contribution in [0.25, 0.3) is 5.57 Å². The molecule has 1 aromatic carbocycles. The number of benzene rings is 1. The van der Waals surface area contributed by atoms with Crippen LogP contribution in [-0.2, 0) is 28.3 Å². The van der Waals surface area contributed by atoms with Crippen molar-refractivity contribution in [3.05, 3.63) is 54.8 Å². The van der Waals surface area contributed by atoms with Crippen molar-refractivity contribution in [1.29, 1.82) is 0 Å². The summed E-state index contributed by atoms with van der Waals surface area (Å²) in [6.07, 6.45) is 2.05. The first kappa shape index (κ1) is 27.3. The zero-order valence-corrected chi connectivity index (χ0v) is 23.0. The molecule has 3 aliphatic rings. The highest BCUT2D eigenvalue weighted by Crippen LogP contribution is 2.49. The Balaban J connectivity index is 1.73. The monoisotopic (exact) mass is 540 g/mol. The van der Waals surface area contributed by atoms with Gasteiger partial charge >= 0.3 is 12.1 Å². The van der Waals surface area contributed by atoms with Gasteiger partial charge in [0, 0.05) is 0 Å². The molecule has 202 valence electrons. The van der Waals surface area contributed by atoms with Crippen molar-refractivity contribution >= 4 is 43.5 Å². The molecular formula is C27H32N2O8Si. The van der Waals surface area contributed by atoms with E-state index in [4.69, 9.17) is 18.6 Å². The first-order valence-electron chi connectivity index (χ1n) is 12.4. The Bertz CT molecular complexity index is 1230. The molecule has 1 aromatic rings. The minimum Gasteiger partial charge on any atom is -0.482 e. The summed E-state index contributed by atoms with van der Waals surface area (Å²) in [4.78, 5) is 54.1. The van der Waals surface area contributed by atoms with Gasteiger partial charge in [-0.2, -0.15) is 0 Å². The second kappa shape index (κ2) is 10.6. The summed E-state index contributed by atoms with van der Waals surface area (Å²) in [5.74, 6) is -1.54. The minimum atomic E-state index is -1.92. The van der Waals surface area contributed by atoms with Crippen LogP contribution in [0.3, 0.4) is 0 Å². The molecule has 0 aromatic heterocycles. The maximum absolute atomic E-state index is 13.3. The molecule has 4 rings (SSSR count). The average molecular weight is 541 g/mol. The molecule has 10 nitrogen and oxygen atoms in total. The Morgan fingerprint density at radius 2 is 1.84 bits per heavy atom. The molecule has 0 saturated carbocycles. The van der Waals surface area contributed by atoms with Crippen LogP contribution in [0, 0.1) is 5.92 Å². The summed E-state index contributed by atoms with van der Waals surface area (Å²) in [7, 11) is -1.92. The lowest BCUT2D eigenvalue weighted by atomic mass is 9.82. The number of nitrogens with zero attached hydrogens (tertiary/aromatic N) is 2. The van der Waals surface area contributed by atoms with E-state index in [1.165, 1.54) is 17.1 Å². The van der Waals surface area contributed by atoms with Crippen molar-refractivity contribution in [3.8, 4) is 5.75 Å². The number of anilines is 1. The van der Waals surface area contributed by atoms with Crippen molar-refractivity contribution in [3.63, 3.8) is 0 Å². The Labute approximate surface area is 222 Å². The van der Waals surface area contributed by atoms with Gasteiger partial charge in [-0.3, -0.25) is 9.59 Å². The highest BCUT2D eigenvalue weighted by atomic mass is 28.4. The molecule has 0 bridgehead atoms. The van der Waals surface area contributed by atoms with Crippen LogP contribution in [0.5, 0.6) is 5.75 Å². The van der Waals surface area contributed by atoms with Crippen LogP contribution in [0.2, 0.25) is 19.6 Å². The molecular weight excluding hydrogens is 508 g/mol. The van der Waals surface area contributed by atoms with E-state index < -0.39 is 32.2 Å². The van der Waals surface area contributed by atoms with Crippen molar-refractivity contribution in [2.45, 2.75) is 45.1 Å². The fourth-order valence-electron chi connectivity index (χ4n) is 5.07. The Morgan fingerprint density at radius 1 is 1.16 bits per heavy atom. The number of carbonyl (C=O) groups excluding carboxylic acids is 4. The molecule has 3 atom stereocenters. The van der Waals surface area contributed by atoms with Crippen LogP contribution < -0.4 is 9.64 Å². The highest BCUT2D eigenvalue weighted by Gasteiger charge is 2.58. The van der Waals surface area contributed by atoms with Gasteiger partial charge in [0.2, 0.25) is 5.91 Å². The van der Waals surface area contributed by atoms with Crippen LogP contribution >= 0.6 is 0 Å². The first-order valence-corrected chi connectivity index (χ1v) is 15.8. The number of β-lactam (4-membered cyclic amide) rings is 1. The van der Waals surface area contributed by atoms with Crippen LogP contribution in [0.1, 0.15) is 18.9 Å². The van der Waals surface area contributed by atoms with Crippen molar-refractivity contribution < 1.29 is 37.8 Å². The maximum atomic E-state index is 13.3. The predicted octanol–water partition coefficient (Wildman–Crippen LogP) is 3.65. The van der Waals surface area contributed by atoms with Gasteiger partial charge in [0.25, 0.3) is 5.91 Å². The molecule has 3 aliphatic heterocycles. The third-order valence-corrected chi connectivity index (χ3v) is 7.51. The van der Waals surface area contributed by atoms with E-state index in [-0.39, 0.29) is 49.3 Å². The van der Waals surface area contributed by atoms with Gasteiger partial charge in [0.15, 0.2) is 14.9 Å². The van der Waals surface area contributed by atoms with E-state index in [2.05, 4.69) is 32.8 Å². The SMILES string of the molecule is C=CCOC(=O)C1=C(c2ccc3c(c2)N(C(=O)OCC=C)C(=O)CO3)C[C@@H]2[C@@H]([C@@H](C)O[Si](C)(C)C)C(=O)N12. The molecule has 38 heavy (non-hydrogen) atoms. The van der Waals surface area contributed by atoms with E-state index in [0.29, 0.717) is 23.3 Å². The van der Waals surface area contributed by atoms with Gasteiger partial charge in [-0.15, -0.1) is 0 Å². The van der Waals surface area contributed by atoms with Crippen molar-refractivity contribution in [2.75, 3.05) is 24.7 Å². The molecule has 0 spiro atoms. The van der Waals surface area contributed by atoms with E-state index in [1.807, 2.05) is 6.92 Å². The van der Waals surface area contributed by atoms with Gasteiger partial charge in [0.05, 0.1) is 23.8 Å². The molecule has 3 heterocycles. The van der Waals surface area contributed by atoms with Gasteiger partial charge in [-0.1, -0.05) is 31.4 Å². The van der Waals surface area contributed by atoms with Crippen molar-refractivity contribution in [2.24, 2.45) is 5.92 Å². The average Bonchev–Trinajstić information content (AvgIpc) is 3.19.